The number of rotatable bonds is 7. The van der Waals surface area contributed by atoms with Gasteiger partial charge in [0, 0.05) is 10.7 Å². The van der Waals surface area contributed by atoms with E-state index in [-0.39, 0.29) is 16.3 Å². The molecular formula is C22H18ClF3N2O4S. The zero-order valence-corrected chi connectivity index (χ0v) is 18.7. The minimum absolute atomic E-state index is 0.0612. The highest BCUT2D eigenvalue weighted by Crippen LogP contribution is 2.26. The van der Waals surface area contributed by atoms with E-state index >= 15 is 0 Å². The van der Waals surface area contributed by atoms with Crippen LogP contribution in [0.15, 0.2) is 77.7 Å². The zero-order chi connectivity index (χ0) is 24.2. The summed E-state index contributed by atoms with van der Waals surface area (Å²) in [6, 6.07) is 16.5. The largest absolute Gasteiger partial charge is 0.573 e. The first-order chi connectivity index (χ1) is 15.4. The van der Waals surface area contributed by atoms with Crippen molar-refractivity contribution in [3.8, 4) is 5.75 Å². The molecule has 6 nitrogen and oxygen atoms in total. The van der Waals surface area contributed by atoms with Crippen LogP contribution in [0.4, 0.5) is 24.5 Å². The van der Waals surface area contributed by atoms with E-state index in [1.54, 1.807) is 24.3 Å². The molecule has 33 heavy (non-hydrogen) atoms. The molecule has 0 bridgehead atoms. The average molecular weight is 499 g/mol. The molecule has 0 radical (unpaired) electrons. The Balaban J connectivity index is 1.83. The van der Waals surface area contributed by atoms with Gasteiger partial charge in [-0.2, -0.15) is 0 Å². The Bertz CT molecular complexity index is 1210. The van der Waals surface area contributed by atoms with Crippen LogP contribution in [-0.4, -0.2) is 27.2 Å². The SMILES string of the molecule is Cc1ccc(N(CC(=O)Nc2ccc(OC(F)(F)F)cc2)S(=O)(=O)c2ccc(Cl)cc2)cc1. The highest BCUT2D eigenvalue weighted by atomic mass is 35.5. The molecule has 0 atom stereocenters. The standard InChI is InChI=1S/C22H18ClF3N2O4S/c1-15-2-8-18(9-3-15)28(33(30,31)20-12-4-16(23)5-13-20)14-21(29)27-17-6-10-19(11-7-17)32-22(24,25)26/h2-13H,14H2,1H3,(H,27,29). The van der Waals surface area contributed by atoms with Crippen LogP contribution in [0.25, 0.3) is 0 Å². The lowest BCUT2D eigenvalue weighted by Gasteiger charge is -2.24. The molecule has 3 aromatic carbocycles. The van der Waals surface area contributed by atoms with Crippen molar-refractivity contribution in [2.75, 3.05) is 16.2 Å². The molecule has 3 rings (SSSR count). The van der Waals surface area contributed by atoms with Crippen LogP contribution in [0.2, 0.25) is 5.02 Å². The smallest absolute Gasteiger partial charge is 0.406 e. The first-order valence-electron chi connectivity index (χ1n) is 9.45. The molecule has 0 saturated carbocycles. The topological polar surface area (TPSA) is 75.7 Å². The van der Waals surface area contributed by atoms with Crippen LogP contribution in [0.1, 0.15) is 5.56 Å². The number of carbonyl (C=O) groups excluding carboxylic acids is 1. The Kier molecular flexibility index (Phi) is 7.19. The molecule has 1 amide bonds. The van der Waals surface area contributed by atoms with Crippen molar-refractivity contribution in [1.82, 2.24) is 0 Å². The maximum Gasteiger partial charge on any atom is 0.573 e. The first-order valence-corrected chi connectivity index (χ1v) is 11.3. The average Bonchev–Trinajstić information content (AvgIpc) is 2.73. The summed E-state index contributed by atoms with van der Waals surface area (Å²) in [6.45, 7) is 1.26. The van der Waals surface area contributed by atoms with E-state index in [4.69, 9.17) is 11.6 Å². The summed E-state index contributed by atoms with van der Waals surface area (Å²) in [6.07, 6.45) is -4.84. The second-order valence-electron chi connectivity index (χ2n) is 6.92. The van der Waals surface area contributed by atoms with E-state index in [1.165, 1.54) is 36.4 Å². The van der Waals surface area contributed by atoms with Gasteiger partial charge in [-0.25, -0.2) is 8.42 Å². The molecule has 0 aliphatic heterocycles. The van der Waals surface area contributed by atoms with Crippen LogP contribution in [-0.2, 0) is 14.8 Å². The maximum atomic E-state index is 13.3. The van der Waals surface area contributed by atoms with Crippen LogP contribution < -0.4 is 14.4 Å². The molecule has 0 unspecified atom stereocenters. The Hall–Kier alpha value is -3.24. The van der Waals surface area contributed by atoms with Crippen LogP contribution >= 0.6 is 11.6 Å². The summed E-state index contributed by atoms with van der Waals surface area (Å²) in [5.74, 6) is -1.15. The molecule has 0 spiro atoms. The fourth-order valence-corrected chi connectivity index (χ4v) is 4.38. The number of hydrogen-bond acceptors (Lipinski definition) is 4. The van der Waals surface area contributed by atoms with E-state index < -0.39 is 34.6 Å². The number of alkyl halides is 3. The third-order valence-electron chi connectivity index (χ3n) is 4.38. The minimum Gasteiger partial charge on any atom is -0.406 e. The summed E-state index contributed by atoms with van der Waals surface area (Å²) in [4.78, 5) is 12.6. The summed E-state index contributed by atoms with van der Waals surface area (Å²) < 4.78 is 68.2. The second kappa shape index (κ2) is 9.72. The minimum atomic E-state index is -4.84. The number of carbonyl (C=O) groups is 1. The molecule has 0 heterocycles. The lowest BCUT2D eigenvalue weighted by Crippen LogP contribution is -2.38. The van der Waals surface area contributed by atoms with Crippen molar-refractivity contribution >= 4 is 38.9 Å². The molecule has 0 aromatic heterocycles. The van der Waals surface area contributed by atoms with E-state index in [9.17, 15) is 26.4 Å². The predicted octanol–water partition coefficient (Wildman–Crippen LogP) is 5.38. The Morgan fingerprint density at radius 1 is 0.970 bits per heavy atom. The fraction of sp³-hybridized carbons (Fsp3) is 0.136. The zero-order valence-electron chi connectivity index (χ0n) is 17.1. The number of nitrogens with zero attached hydrogens (tertiary/aromatic N) is 1. The van der Waals surface area contributed by atoms with Gasteiger partial charge in [-0.1, -0.05) is 29.3 Å². The molecular weight excluding hydrogens is 481 g/mol. The van der Waals surface area contributed by atoms with E-state index in [0.717, 1.165) is 22.0 Å². The maximum absolute atomic E-state index is 13.3. The highest BCUT2D eigenvalue weighted by molar-refractivity contribution is 7.92. The van der Waals surface area contributed by atoms with Gasteiger partial charge < -0.3 is 10.1 Å². The number of sulfonamides is 1. The number of nitrogens with one attached hydrogen (secondary N) is 1. The van der Waals surface area contributed by atoms with Crippen LogP contribution in [0.5, 0.6) is 5.75 Å². The lowest BCUT2D eigenvalue weighted by molar-refractivity contribution is -0.274. The van der Waals surface area contributed by atoms with E-state index in [2.05, 4.69) is 10.1 Å². The van der Waals surface area contributed by atoms with Gasteiger partial charge >= 0.3 is 6.36 Å². The molecule has 0 aliphatic carbocycles. The fourth-order valence-electron chi connectivity index (χ4n) is 2.83. The van der Waals surface area contributed by atoms with Gasteiger partial charge in [-0.3, -0.25) is 9.10 Å². The molecule has 1 N–H and O–H groups in total. The summed E-state index contributed by atoms with van der Waals surface area (Å²) >= 11 is 5.85. The van der Waals surface area contributed by atoms with Crippen molar-refractivity contribution in [2.24, 2.45) is 0 Å². The van der Waals surface area contributed by atoms with E-state index in [1.807, 2.05) is 6.92 Å². The predicted molar refractivity (Wildman–Crippen MR) is 119 cm³/mol. The number of ether oxygens (including phenoxy) is 1. The summed E-state index contributed by atoms with van der Waals surface area (Å²) in [7, 11) is -4.13. The van der Waals surface area contributed by atoms with Crippen molar-refractivity contribution in [3.05, 3.63) is 83.4 Å². The lowest BCUT2D eigenvalue weighted by atomic mass is 10.2. The van der Waals surface area contributed by atoms with Crippen LogP contribution in [0, 0.1) is 6.92 Å². The van der Waals surface area contributed by atoms with Gasteiger partial charge in [0.2, 0.25) is 5.91 Å². The highest BCUT2D eigenvalue weighted by Gasteiger charge is 2.31. The van der Waals surface area contributed by atoms with Gasteiger partial charge in [0.1, 0.15) is 12.3 Å². The van der Waals surface area contributed by atoms with E-state index in [0.29, 0.717) is 5.02 Å². The van der Waals surface area contributed by atoms with Gasteiger partial charge in [0.25, 0.3) is 10.0 Å². The van der Waals surface area contributed by atoms with Crippen molar-refractivity contribution < 1.29 is 31.1 Å². The molecule has 3 aromatic rings. The number of amides is 1. The molecule has 0 saturated heterocycles. The summed E-state index contributed by atoms with van der Waals surface area (Å²) in [5, 5.41) is 2.83. The Morgan fingerprint density at radius 3 is 2.09 bits per heavy atom. The molecule has 11 heteroatoms. The van der Waals surface area contributed by atoms with Crippen molar-refractivity contribution in [3.63, 3.8) is 0 Å². The third-order valence-corrected chi connectivity index (χ3v) is 6.42. The van der Waals surface area contributed by atoms with Crippen molar-refractivity contribution in [2.45, 2.75) is 18.2 Å². The van der Waals surface area contributed by atoms with Gasteiger partial charge in [-0.15, -0.1) is 13.2 Å². The number of anilines is 2. The first kappa shape index (κ1) is 24.4. The number of aryl methyl sites for hydroxylation is 1. The Morgan fingerprint density at radius 2 is 1.55 bits per heavy atom. The monoisotopic (exact) mass is 498 g/mol. The quantitative estimate of drug-likeness (QED) is 0.474. The number of halogens is 4. The number of benzene rings is 3. The third kappa shape index (κ3) is 6.62. The number of hydrogen-bond donors (Lipinski definition) is 1. The molecule has 0 fully saturated rings. The van der Waals surface area contributed by atoms with Crippen molar-refractivity contribution in [1.29, 1.82) is 0 Å². The summed E-state index contributed by atoms with van der Waals surface area (Å²) in [5.41, 5.74) is 1.33. The van der Waals surface area contributed by atoms with Gasteiger partial charge in [0.15, 0.2) is 0 Å². The second-order valence-corrected chi connectivity index (χ2v) is 9.22. The van der Waals surface area contributed by atoms with Gasteiger partial charge in [-0.05, 0) is 67.6 Å². The van der Waals surface area contributed by atoms with Crippen LogP contribution in [0.3, 0.4) is 0 Å². The normalized spacial score (nSPS) is 11.7. The Labute approximate surface area is 193 Å². The molecule has 174 valence electrons. The van der Waals surface area contributed by atoms with Gasteiger partial charge in [0.05, 0.1) is 10.6 Å². The molecule has 0 aliphatic rings.